The van der Waals surface area contributed by atoms with Crippen LogP contribution in [0, 0.1) is 0 Å². The number of anilines is 1. The van der Waals surface area contributed by atoms with Crippen LogP contribution in [-0.4, -0.2) is 15.3 Å². The van der Waals surface area contributed by atoms with Gasteiger partial charge in [0.2, 0.25) is 0 Å². The van der Waals surface area contributed by atoms with E-state index in [1.54, 1.807) is 5.56 Å². The number of nitrogens with zero attached hydrogens (tertiary/aromatic N) is 1. The molecule has 1 heterocycles. The van der Waals surface area contributed by atoms with E-state index in [0.29, 0.717) is 0 Å². The van der Waals surface area contributed by atoms with Crippen molar-refractivity contribution in [3.8, 4) is 0 Å². The number of hydrogen-bond donors (Lipinski definition) is 0. The summed E-state index contributed by atoms with van der Waals surface area (Å²) in [5.74, 6) is 0. The SMILES string of the molecule is CC[Si](CC)[C@@H]1Cc2ccc3ccccc3c2N(Cc2ccccc2)C1. The summed E-state index contributed by atoms with van der Waals surface area (Å²) in [5.41, 5.74) is 5.30. The van der Waals surface area contributed by atoms with Crippen molar-refractivity contribution < 1.29 is 0 Å². The van der Waals surface area contributed by atoms with Crippen molar-refractivity contribution in [1.29, 1.82) is 0 Å². The minimum Gasteiger partial charge on any atom is -0.366 e. The molecule has 0 aromatic heterocycles. The zero-order valence-electron chi connectivity index (χ0n) is 15.9. The molecular formula is C24H28NSi. The van der Waals surface area contributed by atoms with Gasteiger partial charge in [0, 0.05) is 24.2 Å². The van der Waals surface area contributed by atoms with Gasteiger partial charge in [-0.15, -0.1) is 0 Å². The molecule has 0 amide bonds. The van der Waals surface area contributed by atoms with E-state index >= 15 is 0 Å². The van der Waals surface area contributed by atoms with Gasteiger partial charge in [-0.25, -0.2) is 0 Å². The van der Waals surface area contributed by atoms with Crippen LogP contribution >= 0.6 is 0 Å². The van der Waals surface area contributed by atoms with Crippen LogP contribution in [0.25, 0.3) is 10.8 Å². The average Bonchev–Trinajstić information content (AvgIpc) is 2.69. The Morgan fingerprint density at radius 1 is 0.885 bits per heavy atom. The van der Waals surface area contributed by atoms with Gasteiger partial charge in [-0.1, -0.05) is 92.7 Å². The second-order valence-electron chi connectivity index (χ2n) is 7.43. The molecule has 3 aromatic rings. The minimum atomic E-state index is -0.284. The zero-order valence-corrected chi connectivity index (χ0v) is 16.9. The van der Waals surface area contributed by atoms with E-state index in [-0.39, 0.29) is 8.80 Å². The Hall–Kier alpha value is -2.06. The molecule has 0 N–H and O–H groups in total. The van der Waals surface area contributed by atoms with Gasteiger partial charge in [0.25, 0.3) is 0 Å². The van der Waals surface area contributed by atoms with E-state index in [4.69, 9.17) is 0 Å². The quantitative estimate of drug-likeness (QED) is 0.483. The first-order chi connectivity index (χ1) is 12.8. The third-order valence-corrected chi connectivity index (χ3v) is 9.27. The summed E-state index contributed by atoms with van der Waals surface area (Å²) in [6.45, 7) is 7.03. The highest BCUT2D eigenvalue weighted by Crippen LogP contribution is 2.40. The van der Waals surface area contributed by atoms with Gasteiger partial charge in [0.05, 0.1) is 8.80 Å². The maximum atomic E-state index is 2.68. The second kappa shape index (κ2) is 7.67. The third kappa shape index (κ3) is 3.31. The Balaban J connectivity index is 1.78. The van der Waals surface area contributed by atoms with Gasteiger partial charge in [0.15, 0.2) is 0 Å². The Morgan fingerprint density at radius 3 is 2.38 bits per heavy atom. The summed E-state index contributed by atoms with van der Waals surface area (Å²) >= 11 is 0. The normalized spacial score (nSPS) is 16.9. The highest BCUT2D eigenvalue weighted by Gasteiger charge is 2.30. The summed E-state index contributed by atoms with van der Waals surface area (Å²) in [6.07, 6.45) is 1.27. The first-order valence-electron chi connectivity index (χ1n) is 9.94. The Morgan fingerprint density at radius 2 is 1.62 bits per heavy atom. The predicted octanol–water partition coefficient (Wildman–Crippen LogP) is 6.31. The molecule has 1 aliphatic heterocycles. The molecule has 2 heteroatoms. The lowest BCUT2D eigenvalue weighted by atomic mass is 9.95. The Bertz CT molecular complexity index is 870. The van der Waals surface area contributed by atoms with Crippen molar-refractivity contribution in [1.82, 2.24) is 0 Å². The van der Waals surface area contributed by atoms with Crippen LogP contribution in [0.15, 0.2) is 66.7 Å². The fourth-order valence-corrected chi connectivity index (χ4v) is 7.22. The number of benzene rings is 3. The van der Waals surface area contributed by atoms with E-state index in [1.165, 1.54) is 47.1 Å². The van der Waals surface area contributed by atoms with Crippen molar-refractivity contribution in [2.75, 3.05) is 11.4 Å². The first kappa shape index (κ1) is 17.4. The summed E-state index contributed by atoms with van der Waals surface area (Å²) in [5, 5.41) is 2.78. The molecule has 0 aliphatic carbocycles. The van der Waals surface area contributed by atoms with Gasteiger partial charge in [0.1, 0.15) is 0 Å². The first-order valence-corrected chi connectivity index (χ1v) is 11.9. The monoisotopic (exact) mass is 358 g/mol. The molecule has 0 fully saturated rings. The van der Waals surface area contributed by atoms with E-state index in [0.717, 1.165) is 12.1 Å². The zero-order chi connectivity index (χ0) is 17.9. The van der Waals surface area contributed by atoms with Gasteiger partial charge < -0.3 is 4.90 Å². The molecule has 0 bridgehead atoms. The third-order valence-electron chi connectivity index (χ3n) is 5.91. The number of fused-ring (bicyclic) bond motifs is 3. The summed E-state index contributed by atoms with van der Waals surface area (Å²) < 4.78 is 0. The van der Waals surface area contributed by atoms with E-state index in [1.807, 2.05) is 0 Å². The summed E-state index contributed by atoms with van der Waals surface area (Å²) in [6, 6.07) is 27.3. The maximum Gasteiger partial charge on any atom is 0.0530 e. The fourth-order valence-electron chi connectivity index (χ4n) is 4.57. The molecule has 1 nitrogen and oxygen atoms in total. The maximum absolute atomic E-state index is 2.68. The molecule has 1 radical (unpaired) electrons. The highest BCUT2D eigenvalue weighted by atomic mass is 28.3. The van der Waals surface area contributed by atoms with Gasteiger partial charge >= 0.3 is 0 Å². The predicted molar refractivity (Wildman–Crippen MR) is 116 cm³/mol. The Kier molecular flexibility index (Phi) is 5.12. The molecule has 3 aromatic carbocycles. The summed E-state index contributed by atoms with van der Waals surface area (Å²) in [4.78, 5) is 2.68. The van der Waals surface area contributed by atoms with Crippen LogP contribution in [0.4, 0.5) is 5.69 Å². The number of hydrogen-bond acceptors (Lipinski definition) is 1. The van der Waals surface area contributed by atoms with Crippen LogP contribution in [-0.2, 0) is 13.0 Å². The van der Waals surface area contributed by atoms with Crippen LogP contribution in [0.2, 0.25) is 17.6 Å². The van der Waals surface area contributed by atoms with Crippen molar-refractivity contribution in [2.45, 2.75) is 44.4 Å². The van der Waals surface area contributed by atoms with Crippen molar-refractivity contribution in [3.63, 3.8) is 0 Å². The van der Waals surface area contributed by atoms with Crippen molar-refractivity contribution in [2.24, 2.45) is 0 Å². The molecule has 0 spiro atoms. The molecule has 133 valence electrons. The molecule has 0 unspecified atom stereocenters. The number of rotatable bonds is 5. The standard InChI is InChI=1S/C24H28NSi/c1-3-26(4-2)22-16-21-15-14-20-12-8-9-13-23(20)24(21)25(18-22)17-19-10-6-5-7-11-19/h5-15,22H,3-4,16-18H2,1-2H3/t22-/m1/s1. The van der Waals surface area contributed by atoms with Crippen molar-refractivity contribution in [3.05, 3.63) is 77.9 Å². The van der Waals surface area contributed by atoms with E-state index < -0.39 is 0 Å². The van der Waals surface area contributed by atoms with Crippen LogP contribution < -0.4 is 4.90 Å². The van der Waals surface area contributed by atoms with E-state index in [2.05, 4.69) is 85.5 Å². The molecule has 4 rings (SSSR count). The topological polar surface area (TPSA) is 3.24 Å². The lowest BCUT2D eigenvalue weighted by Gasteiger charge is -2.39. The lowest BCUT2D eigenvalue weighted by molar-refractivity contribution is 0.678. The molecule has 0 saturated carbocycles. The molecule has 1 aliphatic rings. The van der Waals surface area contributed by atoms with E-state index in [9.17, 15) is 0 Å². The van der Waals surface area contributed by atoms with Crippen LogP contribution in [0.5, 0.6) is 0 Å². The van der Waals surface area contributed by atoms with Gasteiger partial charge in [-0.05, 0) is 28.5 Å². The second-order valence-corrected chi connectivity index (χ2v) is 11.0. The summed E-state index contributed by atoms with van der Waals surface area (Å²) in [7, 11) is -0.284. The molecule has 0 saturated heterocycles. The molecule has 1 atom stereocenters. The van der Waals surface area contributed by atoms with Crippen molar-refractivity contribution >= 4 is 25.3 Å². The highest BCUT2D eigenvalue weighted by molar-refractivity contribution is 6.60. The smallest absolute Gasteiger partial charge is 0.0530 e. The van der Waals surface area contributed by atoms with Crippen LogP contribution in [0.1, 0.15) is 25.0 Å². The minimum absolute atomic E-state index is 0.284. The molecular weight excluding hydrogens is 330 g/mol. The fraction of sp³-hybridized carbons (Fsp3) is 0.333. The Labute approximate surface area is 159 Å². The lowest BCUT2D eigenvalue weighted by Crippen LogP contribution is -2.38. The van der Waals surface area contributed by atoms with Crippen LogP contribution in [0.3, 0.4) is 0 Å². The molecule has 26 heavy (non-hydrogen) atoms. The van der Waals surface area contributed by atoms with Gasteiger partial charge in [-0.2, -0.15) is 0 Å². The average molecular weight is 359 g/mol. The largest absolute Gasteiger partial charge is 0.366 e. The van der Waals surface area contributed by atoms with Gasteiger partial charge in [-0.3, -0.25) is 0 Å².